The molecule has 1 aromatic carbocycles. The van der Waals surface area contributed by atoms with Crippen molar-refractivity contribution in [1.82, 2.24) is 14.5 Å². The molecule has 0 radical (unpaired) electrons. The van der Waals surface area contributed by atoms with Crippen LogP contribution in [-0.2, 0) is 27.0 Å². The van der Waals surface area contributed by atoms with Crippen molar-refractivity contribution in [2.24, 2.45) is 0 Å². The van der Waals surface area contributed by atoms with Crippen LogP contribution in [0.15, 0.2) is 44.9 Å². The molecule has 164 valence electrons. The van der Waals surface area contributed by atoms with Gasteiger partial charge in [-0.3, -0.25) is 4.79 Å². The van der Waals surface area contributed by atoms with Crippen molar-refractivity contribution in [3.8, 4) is 0 Å². The Morgan fingerprint density at radius 2 is 1.84 bits per heavy atom. The molecule has 4 rings (SSSR count). The minimum Gasteiger partial charge on any atom is -0.300 e. The maximum atomic E-state index is 13.0. The summed E-state index contributed by atoms with van der Waals surface area (Å²) < 4.78 is 40.6. The van der Waals surface area contributed by atoms with Crippen molar-refractivity contribution in [3.05, 3.63) is 52.7 Å². The zero-order valence-electron chi connectivity index (χ0n) is 16.3. The molecule has 1 aliphatic heterocycles. The number of benzene rings is 1. The number of carbonyl (C=O) groups excluding carboxylic acids is 1. The molecule has 3 heterocycles. The van der Waals surface area contributed by atoms with Gasteiger partial charge in [-0.2, -0.15) is 4.31 Å². The van der Waals surface area contributed by atoms with Gasteiger partial charge in [0.05, 0.1) is 6.42 Å². The van der Waals surface area contributed by atoms with E-state index in [-0.39, 0.29) is 22.4 Å². The van der Waals surface area contributed by atoms with E-state index < -0.39 is 10.0 Å². The van der Waals surface area contributed by atoms with Crippen LogP contribution in [0.5, 0.6) is 0 Å². The fraction of sp³-hybridized carbons (Fsp3) is 0.316. The molecule has 0 atom stereocenters. The number of aromatic nitrogens is 2. The summed E-state index contributed by atoms with van der Waals surface area (Å²) in [6.45, 7) is 1.10. The molecular formula is C19H19FN4O3S4. The predicted octanol–water partition coefficient (Wildman–Crippen LogP) is 4.00. The van der Waals surface area contributed by atoms with Crippen molar-refractivity contribution in [2.75, 3.05) is 18.4 Å². The molecular weight excluding hydrogens is 480 g/mol. The Bertz CT molecular complexity index is 1160. The van der Waals surface area contributed by atoms with E-state index in [9.17, 15) is 17.6 Å². The maximum Gasteiger partial charge on any atom is 0.252 e. The summed E-state index contributed by atoms with van der Waals surface area (Å²) in [5.74, 6) is 0.0613. The highest BCUT2D eigenvalue weighted by Gasteiger charge is 2.28. The number of hydrogen-bond donors (Lipinski definition) is 1. The zero-order chi connectivity index (χ0) is 21.8. The van der Waals surface area contributed by atoms with Gasteiger partial charge in [-0.15, -0.1) is 21.5 Å². The number of thiophene rings is 1. The summed E-state index contributed by atoms with van der Waals surface area (Å²) in [6.07, 6.45) is 1.83. The van der Waals surface area contributed by atoms with Crippen LogP contribution < -0.4 is 5.32 Å². The minimum atomic E-state index is -3.46. The van der Waals surface area contributed by atoms with E-state index in [1.165, 1.54) is 39.5 Å². The van der Waals surface area contributed by atoms with Gasteiger partial charge in [0.15, 0.2) is 4.34 Å². The Hall–Kier alpha value is -1.86. The van der Waals surface area contributed by atoms with Crippen molar-refractivity contribution < 1.29 is 17.6 Å². The first-order chi connectivity index (χ1) is 14.9. The van der Waals surface area contributed by atoms with Gasteiger partial charge >= 0.3 is 0 Å². The van der Waals surface area contributed by atoms with E-state index in [0.29, 0.717) is 33.2 Å². The first-order valence-electron chi connectivity index (χ1n) is 9.49. The van der Waals surface area contributed by atoms with Crippen LogP contribution >= 0.6 is 34.4 Å². The molecule has 2 aromatic heterocycles. The Morgan fingerprint density at radius 3 is 2.58 bits per heavy atom. The standard InChI is InChI=1S/C19H19FN4O3S4/c20-14-5-3-13(4-6-14)12-28-19-23-22-18(30-19)21-16(25)11-15-7-8-17(29-15)31(26,27)24-9-1-2-10-24/h3-8H,1-2,9-12H2,(H,21,22,25). The van der Waals surface area contributed by atoms with E-state index in [2.05, 4.69) is 15.5 Å². The molecule has 7 nitrogen and oxygen atoms in total. The summed E-state index contributed by atoms with van der Waals surface area (Å²) in [7, 11) is -3.46. The molecule has 31 heavy (non-hydrogen) atoms. The van der Waals surface area contributed by atoms with Crippen LogP contribution in [0.1, 0.15) is 23.3 Å². The average molecular weight is 499 g/mol. The van der Waals surface area contributed by atoms with Gasteiger partial charge in [0, 0.05) is 23.7 Å². The molecule has 1 amide bonds. The second-order valence-electron chi connectivity index (χ2n) is 6.85. The predicted molar refractivity (Wildman–Crippen MR) is 121 cm³/mol. The normalized spacial score (nSPS) is 14.7. The molecule has 0 unspecified atom stereocenters. The lowest BCUT2D eigenvalue weighted by Crippen LogP contribution is -2.27. The van der Waals surface area contributed by atoms with Crippen LogP contribution in [0, 0.1) is 5.82 Å². The summed E-state index contributed by atoms with van der Waals surface area (Å²) in [5, 5.41) is 11.1. The Morgan fingerprint density at radius 1 is 1.10 bits per heavy atom. The quantitative estimate of drug-likeness (QED) is 0.373. The number of anilines is 1. The third-order valence-corrected chi connectivity index (χ3v) is 10.1. The number of nitrogens with one attached hydrogen (secondary N) is 1. The first kappa shape index (κ1) is 22.3. The fourth-order valence-corrected chi connectivity index (χ4v) is 7.76. The highest BCUT2D eigenvalue weighted by molar-refractivity contribution is 8.00. The number of amides is 1. The summed E-state index contributed by atoms with van der Waals surface area (Å²) in [5.41, 5.74) is 0.963. The van der Waals surface area contributed by atoms with Gasteiger partial charge in [-0.05, 0) is 42.7 Å². The Balaban J connectivity index is 1.30. The molecule has 0 aliphatic carbocycles. The zero-order valence-corrected chi connectivity index (χ0v) is 19.6. The van der Waals surface area contributed by atoms with Gasteiger partial charge in [0.2, 0.25) is 11.0 Å². The maximum absolute atomic E-state index is 13.0. The fourth-order valence-electron chi connectivity index (χ4n) is 3.01. The molecule has 0 spiro atoms. The molecule has 0 saturated carbocycles. The Labute approximate surface area is 191 Å². The number of nitrogens with zero attached hydrogens (tertiary/aromatic N) is 3. The Kier molecular flexibility index (Phi) is 7.02. The van der Waals surface area contributed by atoms with Crippen LogP contribution in [0.3, 0.4) is 0 Å². The molecule has 0 bridgehead atoms. The van der Waals surface area contributed by atoms with Gasteiger partial charge in [0.25, 0.3) is 10.0 Å². The molecule has 1 N–H and O–H groups in total. The molecule has 1 aliphatic rings. The topological polar surface area (TPSA) is 92.3 Å². The van der Waals surface area contributed by atoms with E-state index in [0.717, 1.165) is 29.7 Å². The van der Waals surface area contributed by atoms with Crippen molar-refractivity contribution >= 4 is 55.5 Å². The number of hydrogen-bond acceptors (Lipinski definition) is 8. The van der Waals surface area contributed by atoms with Gasteiger partial charge in [-0.25, -0.2) is 12.8 Å². The summed E-state index contributed by atoms with van der Waals surface area (Å²) >= 11 is 3.83. The molecule has 1 fully saturated rings. The van der Waals surface area contributed by atoms with E-state index in [1.54, 1.807) is 24.3 Å². The minimum absolute atomic E-state index is 0.0673. The van der Waals surface area contributed by atoms with Crippen molar-refractivity contribution in [3.63, 3.8) is 0 Å². The smallest absolute Gasteiger partial charge is 0.252 e. The second-order valence-corrected chi connectivity index (χ2v) is 12.4. The lowest BCUT2D eigenvalue weighted by Gasteiger charge is -2.13. The van der Waals surface area contributed by atoms with Crippen LogP contribution in [0.25, 0.3) is 0 Å². The average Bonchev–Trinajstić information content (AvgIpc) is 3.50. The molecule has 12 heteroatoms. The van der Waals surface area contributed by atoms with Gasteiger partial charge in [0.1, 0.15) is 10.0 Å². The number of sulfonamides is 1. The molecule has 3 aromatic rings. The lowest BCUT2D eigenvalue weighted by molar-refractivity contribution is -0.115. The van der Waals surface area contributed by atoms with Crippen LogP contribution in [0.2, 0.25) is 0 Å². The lowest BCUT2D eigenvalue weighted by atomic mass is 10.2. The second kappa shape index (κ2) is 9.74. The number of rotatable bonds is 8. The van der Waals surface area contributed by atoms with Gasteiger partial charge in [-0.1, -0.05) is 35.2 Å². The SMILES string of the molecule is O=C(Cc1ccc(S(=O)(=O)N2CCCC2)s1)Nc1nnc(SCc2ccc(F)cc2)s1. The van der Waals surface area contributed by atoms with E-state index >= 15 is 0 Å². The third kappa shape index (κ3) is 5.69. The third-order valence-electron chi connectivity index (χ3n) is 4.56. The van der Waals surface area contributed by atoms with Crippen molar-refractivity contribution in [2.45, 2.75) is 33.6 Å². The first-order valence-corrected chi connectivity index (χ1v) is 13.6. The van der Waals surface area contributed by atoms with Crippen LogP contribution in [-0.4, -0.2) is 41.9 Å². The highest BCUT2D eigenvalue weighted by atomic mass is 32.2. The largest absolute Gasteiger partial charge is 0.300 e. The van der Waals surface area contributed by atoms with Crippen LogP contribution in [0.4, 0.5) is 9.52 Å². The van der Waals surface area contributed by atoms with Gasteiger partial charge < -0.3 is 5.32 Å². The summed E-state index contributed by atoms with van der Waals surface area (Å²) in [6, 6.07) is 9.49. The van der Waals surface area contributed by atoms with E-state index in [1.807, 2.05) is 0 Å². The van der Waals surface area contributed by atoms with Crippen molar-refractivity contribution in [1.29, 1.82) is 0 Å². The van der Waals surface area contributed by atoms with E-state index in [4.69, 9.17) is 0 Å². The number of carbonyl (C=O) groups is 1. The monoisotopic (exact) mass is 498 g/mol. The highest BCUT2D eigenvalue weighted by Crippen LogP contribution is 2.30. The number of halogens is 1. The summed E-state index contributed by atoms with van der Waals surface area (Å²) in [4.78, 5) is 13.0. The number of thioether (sulfide) groups is 1. The molecule has 1 saturated heterocycles.